The average Bonchev–Trinajstić information content (AvgIpc) is 2.69. The van der Waals surface area contributed by atoms with Crippen LogP contribution >= 0.6 is 28.1 Å². The minimum absolute atomic E-state index is 0.0979. The summed E-state index contributed by atoms with van der Waals surface area (Å²) in [6, 6.07) is 23.1. The molecule has 0 fully saturated rings. The molecular formula is C21H16BrN3O2S. The standard InChI is InChI=1S/C21H16BrN3O2S/c22-17-12-6-4-10-15(17)19(26)25-21(28)24-18-13-7-5-11-16(18)20(27)23-14-8-2-1-3-9-14/h1-13H,(H,23,27)(H2,24,25,26,28). The fourth-order valence-electron chi connectivity index (χ4n) is 2.48. The third kappa shape index (κ3) is 5.03. The molecular weight excluding hydrogens is 438 g/mol. The van der Waals surface area contributed by atoms with Crippen LogP contribution in [0.15, 0.2) is 83.3 Å². The second-order valence-corrected chi connectivity index (χ2v) is 7.02. The minimum Gasteiger partial charge on any atom is -0.332 e. The number of carbonyl (C=O) groups is 2. The van der Waals surface area contributed by atoms with Crippen molar-refractivity contribution >= 4 is 56.4 Å². The predicted molar refractivity (Wildman–Crippen MR) is 119 cm³/mol. The van der Waals surface area contributed by atoms with Gasteiger partial charge in [-0.25, -0.2) is 0 Å². The van der Waals surface area contributed by atoms with E-state index in [2.05, 4.69) is 31.9 Å². The highest BCUT2D eigenvalue weighted by Crippen LogP contribution is 2.18. The van der Waals surface area contributed by atoms with Crippen molar-refractivity contribution < 1.29 is 9.59 Å². The second kappa shape index (κ2) is 9.25. The van der Waals surface area contributed by atoms with Crippen molar-refractivity contribution in [3.63, 3.8) is 0 Å². The number of halogens is 1. The van der Waals surface area contributed by atoms with Crippen LogP contribution in [0, 0.1) is 0 Å². The maximum absolute atomic E-state index is 12.6. The van der Waals surface area contributed by atoms with Crippen molar-refractivity contribution in [1.82, 2.24) is 5.32 Å². The lowest BCUT2D eigenvalue weighted by molar-refractivity contribution is 0.0976. The number of amides is 2. The van der Waals surface area contributed by atoms with Crippen LogP contribution < -0.4 is 16.0 Å². The van der Waals surface area contributed by atoms with Gasteiger partial charge in [0.1, 0.15) is 0 Å². The molecule has 7 heteroatoms. The lowest BCUT2D eigenvalue weighted by atomic mass is 10.1. The van der Waals surface area contributed by atoms with E-state index in [0.29, 0.717) is 27.0 Å². The van der Waals surface area contributed by atoms with Crippen LogP contribution in [0.3, 0.4) is 0 Å². The molecule has 0 unspecified atom stereocenters. The van der Waals surface area contributed by atoms with E-state index in [1.807, 2.05) is 24.3 Å². The summed E-state index contributed by atoms with van der Waals surface area (Å²) < 4.78 is 0.665. The van der Waals surface area contributed by atoms with Gasteiger partial charge >= 0.3 is 0 Å². The van der Waals surface area contributed by atoms with Gasteiger partial charge in [-0.2, -0.15) is 0 Å². The summed E-state index contributed by atoms with van der Waals surface area (Å²) in [6.45, 7) is 0. The summed E-state index contributed by atoms with van der Waals surface area (Å²) in [6.07, 6.45) is 0. The predicted octanol–water partition coefficient (Wildman–Crippen LogP) is 4.83. The number of carbonyl (C=O) groups excluding carboxylic acids is 2. The number of rotatable bonds is 4. The van der Waals surface area contributed by atoms with Crippen LogP contribution in [0.1, 0.15) is 20.7 Å². The fourth-order valence-corrected chi connectivity index (χ4v) is 3.15. The van der Waals surface area contributed by atoms with Gasteiger partial charge < -0.3 is 10.6 Å². The molecule has 0 saturated heterocycles. The Balaban J connectivity index is 1.71. The van der Waals surface area contributed by atoms with E-state index >= 15 is 0 Å². The first kappa shape index (κ1) is 19.7. The summed E-state index contributed by atoms with van der Waals surface area (Å²) in [4.78, 5) is 25.0. The highest BCUT2D eigenvalue weighted by atomic mass is 79.9. The number of anilines is 2. The lowest BCUT2D eigenvalue weighted by Crippen LogP contribution is -2.34. The van der Waals surface area contributed by atoms with Crippen molar-refractivity contribution in [2.45, 2.75) is 0 Å². The van der Waals surface area contributed by atoms with Crippen molar-refractivity contribution in [2.24, 2.45) is 0 Å². The van der Waals surface area contributed by atoms with E-state index in [1.165, 1.54) is 0 Å². The Morgan fingerprint density at radius 2 is 1.32 bits per heavy atom. The summed E-state index contributed by atoms with van der Waals surface area (Å²) in [5, 5.41) is 8.47. The maximum Gasteiger partial charge on any atom is 0.258 e. The van der Waals surface area contributed by atoms with Gasteiger partial charge in [0.25, 0.3) is 11.8 Å². The van der Waals surface area contributed by atoms with Crippen LogP contribution in [-0.4, -0.2) is 16.9 Å². The molecule has 3 aromatic carbocycles. The number of para-hydroxylation sites is 2. The first-order chi connectivity index (χ1) is 13.5. The third-order valence-corrected chi connectivity index (χ3v) is 4.69. The van der Waals surface area contributed by atoms with Gasteiger partial charge in [-0.1, -0.05) is 42.5 Å². The van der Waals surface area contributed by atoms with E-state index in [9.17, 15) is 9.59 Å². The van der Waals surface area contributed by atoms with Crippen LogP contribution in [-0.2, 0) is 0 Å². The molecule has 28 heavy (non-hydrogen) atoms. The van der Waals surface area contributed by atoms with Crippen molar-refractivity contribution in [3.05, 3.63) is 94.5 Å². The quantitative estimate of drug-likeness (QED) is 0.494. The Kier molecular flexibility index (Phi) is 6.52. The van der Waals surface area contributed by atoms with E-state index in [0.717, 1.165) is 0 Å². The Labute approximate surface area is 176 Å². The number of benzene rings is 3. The molecule has 0 aromatic heterocycles. The molecule has 0 atom stereocenters. The monoisotopic (exact) mass is 453 g/mol. The molecule has 5 nitrogen and oxygen atoms in total. The number of hydrogen-bond donors (Lipinski definition) is 3. The number of nitrogens with one attached hydrogen (secondary N) is 3. The molecule has 0 aliphatic rings. The minimum atomic E-state index is -0.351. The molecule has 0 heterocycles. The Morgan fingerprint density at radius 3 is 2.04 bits per heavy atom. The van der Waals surface area contributed by atoms with Crippen LogP contribution in [0.25, 0.3) is 0 Å². The average molecular weight is 454 g/mol. The molecule has 0 spiro atoms. The van der Waals surface area contributed by atoms with E-state index in [4.69, 9.17) is 12.2 Å². The van der Waals surface area contributed by atoms with Gasteiger partial charge in [-0.3, -0.25) is 14.9 Å². The smallest absolute Gasteiger partial charge is 0.258 e. The molecule has 0 radical (unpaired) electrons. The van der Waals surface area contributed by atoms with Gasteiger partial charge in [0, 0.05) is 10.2 Å². The molecule has 140 valence electrons. The van der Waals surface area contributed by atoms with Gasteiger partial charge in [0.15, 0.2) is 5.11 Å². The van der Waals surface area contributed by atoms with E-state index in [-0.39, 0.29) is 16.9 Å². The highest BCUT2D eigenvalue weighted by Gasteiger charge is 2.14. The largest absolute Gasteiger partial charge is 0.332 e. The second-order valence-electron chi connectivity index (χ2n) is 5.75. The van der Waals surface area contributed by atoms with Gasteiger partial charge in [0.2, 0.25) is 0 Å². The molecule has 3 aromatic rings. The zero-order valence-electron chi connectivity index (χ0n) is 14.6. The van der Waals surface area contributed by atoms with E-state index < -0.39 is 0 Å². The summed E-state index contributed by atoms with van der Waals surface area (Å²) >= 11 is 8.58. The maximum atomic E-state index is 12.6. The zero-order valence-corrected chi connectivity index (χ0v) is 17.0. The SMILES string of the molecule is O=C(NC(=S)Nc1ccccc1C(=O)Nc1ccccc1)c1ccccc1Br. The highest BCUT2D eigenvalue weighted by molar-refractivity contribution is 9.10. The number of thiocarbonyl (C=S) groups is 1. The molecule has 0 aliphatic heterocycles. The topological polar surface area (TPSA) is 70.2 Å². The lowest BCUT2D eigenvalue weighted by Gasteiger charge is -2.14. The summed E-state index contributed by atoms with van der Waals surface area (Å²) in [5.41, 5.74) is 2.05. The Morgan fingerprint density at radius 1 is 0.714 bits per heavy atom. The summed E-state index contributed by atoms with van der Waals surface area (Å²) in [7, 11) is 0. The van der Waals surface area contributed by atoms with Gasteiger partial charge in [-0.15, -0.1) is 0 Å². The van der Waals surface area contributed by atoms with Crippen molar-refractivity contribution in [1.29, 1.82) is 0 Å². The first-order valence-corrected chi connectivity index (χ1v) is 9.57. The molecule has 2 amide bonds. The fraction of sp³-hybridized carbons (Fsp3) is 0. The van der Waals surface area contributed by atoms with Gasteiger partial charge in [-0.05, 0) is 64.5 Å². The number of hydrogen-bond acceptors (Lipinski definition) is 3. The molecule has 3 rings (SSSR count). The van der Waals surface area contributed by atoms with E-state index in [1.54, 1.807) is 54.6 Å². The normalized spacial score (nSPS) is 10.0. The molecule has 0 bridgehead atoms. The zero-order chi connectivity index (χ0) is 19.9. The van der Waals surface area contributed by atoms with Crippen molar-refractivity contribution in [3.8, 4) is 0 Å². The van der Waals surface area contributed by atoms with Crippen LogP contribution in [0.4, 0.5) is 11.4 Å². The summed E-state index contributed by atoms with van der Waals surface area (Å²) in [5.74, 6) is -0.634. The molecule has 0 aliphatic carbocycles. The Bertz CT molecular complexity index is 1020. The molecule has 3 N–H and O–H groups in total. The van der Waals surface area contributed by atoms with Crippen LogP contribution in [0.2, 0.25) is 0 Å². The Hall–Kier alpha value is -3.03. The van der Waals surface area contributed by atoms with Gasteiger partial charge in [0.05, 0.1) is 16.8 Å². The van der Waals surface area contributed by atoms with Crippen LogP contribution in [0.5, 0.6) is 0 Å². The van der Waals surface area contributed by atoms with Crippen molar-refractivity contribution in [2.75, 3.05) is 10.6 Å². The first-order valence-electron chi connectivity index (χ1n) is 8.37. The third-order valence-electron chi connectivity index (χ3n) is 3.80. The molecule has 0 saturated carbocycles.